The summed E-state index contributed by atoms with van der Waals surface area (Å²) in [6.45, 7) is 2.80. The van der Waals surface area contributed by atoms with E-state index in [0.29, 0.717) is 6.54 Å². The Morgan fingerprint density at radius 3 is 2.63 bits per heavy atom. The van der Waals surface area contributed by atoms with Crippen LogP contribution >= 0.6 is 0 Å². The number of hydrogen-bond donors (Lipinski definition) is 2. The van der Waals surface area contributed by atoms with Gasteiger partial charge in [0.2, 0.25) is 5.91 Å². The number of carbonyl (C=O) groups is 1. The van der Waals surface area contributed by atoms with Crippen LogP contribution in [0.25, 0.3) is 0 Å². The molecular weight excluding hydrogens is 240 g/mol. The molecule has 100 valence electrons. The maximum atomic E-state index is 11.5. The van der Waals surface area contributed by atoms with Crippen LogP contribution < -0.4 is 10.6 Å². The smallest absolute Gasteiger partial charge is 0.233 e. The van der Waals surface area contributed by atoms with Gasteiger partial charge in [0.15, 0.2) is 0 Å². The number of nitrogens with one attached hydrogen (secondary N) is 2. The summed E-state index contributed by atoms with van der Waals surface area (Å²) in [5.41, 5.74) is 1.07. The summed E-state index contributed by atoms with van der Waals surface area (Å²) in [4.78, 5) is 11.5. The fourth-order valence-corrected chi connectivity index (χ4v) is 1.94. The van der Waals surface area contributed by atoms with Crippen molar-refractivity contribution in [2.75, 3.05) is 13.1 Å². The van der Waals surface area contributed by atoms with Crippen LogP contribution in [-0.2, 0) is 4.79 Å². The van der Waals surface area contributed by atoms with Crippen LogP contribution in [-0.4, -0.2) is 19.0 Å². The van der Waals surface area contributed by atoms with Gasteiger partial charge in [-0.25, -0.2) is 0 Å². The van der Waals surface area contributed by atoms with E-state index in [1.807, 2.05) is 49.4 Å². The molecule has 0 aliphatic heterocycles. The van der Waals surface area contributed by atoms with E-state index in [2.05, 4.69) is 10.6 Å². The molecule has 4 heteroatoms. The SMILES string of the molecule is CCNC(=O)CNC(c1ccccc1)c1ccco1. The summed E-state index contributed by atoms with van der Waals surface area (Å²) >= 11 is 0. The fraction of sp³-hybridized carbons (Fsp3) is 0.267. The monoisotopic (exact) mass is 258 g/mol. The normalized spacial score (nSPS) is 12.1. The number of likely N-dealkylation sites (N-methyl/N-ethyl adjacent to an activating group) is 1. The summed E-state index contributed by atoms with van der Waals surface area (Å²) < 4.78 is 5.45. The number of furan rings is 1. The zero-order valence-corrected chi connectivity index (χ0v) is 10.9. The molecule has 0 spiro atoms. The Labute approximate surface area is 112 Å². The molecule has 1 unspecified atom stereocenters. The molecule has 0 aliphatic rings. The molecule has 1 atom stereocenters. The maximum absolute atomic E-state index is 11.5. The maximum Gasteiger partial charge on any atom is 0.233 e. The lowest BCUT2D eigenvalue weighted by molar-refractivity contribution is -0.120. The minimum absolute atomic E-state index is 0.0185. The van der Waals surface area contributed by atoms with E-state index in [4.69, 9.17) is 4.42 Å². The van der Waals surface area contributed by atoms with E-state index >= 15 is 0 Å². The Kier molecular flexibility index (Phi) is 4.75. The summed E-state index contributed by atoms with van der Waals surface area (Å²) in [7, 11) is 0. The summed E-state index contributed by atoms with van der Waals surface area (Å²) in [6.07, 6.45) is 1.64. The van der Waals surface area contributed by atoms with Gasteiger partial charge in [0.1, 0.15) is 5.76 Å². The molecule has 1 aromatic carbocycles. The largest absolute Gasteiger partial charge is 0.467 e. The molecule has 2 aromatic rings. The Morgan fingerprint density at radius 1 is 1.21 bits per heavy atom. The number of carbonyl (C=O) groups excluding carboxylic acids is 1. The molecule has 0 saturated carbocycles. The van der Waals surface area contributed by atoms with Crippen molar-refractivity contribution in [3.05, 3.63) is 60.1 Å². The highest BCUT2D eigenvalue weighted by Crippen LogP contribution is 2.21. The first kappa shape index (κ1) is 13.4. The van der Waals surface area contributed by atoms with Gasteiger partial charge in [-0.3, -0.25) is 10.1 Å². The Morgan fingerprint density at radius 2 is 2.00 bits per heavy atom. The first-order valence-corrected chi connectivity index (χ1v) is 6.39. The summed E-state index contributed by atoms with van der Waals surface area (Å²) in [5.74, 6) is 0.783. The fourth-order valence-electron chi connectivity index (χ4n) is 1.94. The van der Waals surface area contributed by atoms with Crippen LogP contribution in [0.2, 0.25) is 0 Å². The molecule has 0 radical (unpaired) electrons. The van der Waals surface area contributed by atoms with Crippen molar-refractivity contribution in [2.45, 2.75) is 13.0 Å². The van der Waals surface area contributed by atoms with Crippen molar-refractivity contribution in [2.24, 2.45) is 0 Å². The number of benzene rings is 1. The van der Waals surface area contributed by atoms with Gasteiger partial charge in [-0.1, -0.05) is 30.3 Å². The molecular formula is C15H18N2O2. The van der Waals surface area contributed by atoms with E-state index in [0.717, 1.165) is 11.3 Å². The van der Waals surface area contributed by atoms with Gasteiger partial charge in [0.05, 0.1) is 18.8 Å². The molecule has 19 heavy (non-hydrogen) atoms. The second-order valence-electron chi connectivity index (χ2n) is 4.19. The van der Waals surface area contributed by atoms with Gasteiger partial charge < -0.3 is 9.73 Å². The minimum atomic E-state index is -0.112. The average Bonchev–Trinajstić information content (AvgIpc) is 2.94. The predicted molar refractivity (Wildman–Crippen MR) is 73.7 cm³/mol. The topological polar surface area (TPSA) is 54.3 Å². The standard InChI is InChI=1S/C15H18N2O2/c1-2-16-14(18)11-17-15(13-9-6-10-19-13)12-7-4-3-5-8-12/h3-10,15,17H,2,11H2,1H3,(H,16,18). The lowest BCUT2D eigenvalue weighted by Gasteiger charge is -2.16. The van der Waals surface area contributed by atoms with Crippen LogP contribution in [0.5, 0.6) is 0 Å². The molecule has 1 heterocycles. The second-order valence-corrected chi connectivity index (χ2v) is 4.19. The van der Waals surface area contributed by atoms with Gasteiger partial charge >= 0.3 is 0 Å². The molecule has 1 aromatic heterocycles. The highest BCUT2D eigenvalue weighted by atomic mass is 16.3. The third kappa shape index (κ3) is 3.69. The Hall–Kier alpha value is -2.07. The van der Waals surface area contributed by atoms with Crippen LogP contribution in [0, 0.1) is 0 Å². The third-order valence-electron chi connectivity index (χ3n) is 2.80. The molecule has 0 aliphatic carbocycles. The lowest BCUT2D eigenvalue weighted by atomic mass is 10.0. The van der Waals surface area contributed by atoms with Crippen molar-refractivity contribution < 1.29 is 9.21 Å². The molecule has 0 saturated heterocycles. The minimum Gasteiger partial charge on any atom is -0.467 e. The van der Waals surface area contributed by atoms with Gasteiger partial charge in [0.25, 0.3) is 0 Å². The van der Waals surface area contributed by atoms with Crippen LogP contribution in [0.1, 0.15) is 24.3 Å². The number of rotatable bonds is 6. The van der Waals surface area contributed by atoms with E-state index < -0.39 is 0 Å². The zero-order valence-electron chi connectivity index (χ0n) is 10.9. The Bertz CT molecular complexity index is 494. The quantitative estimate of drug-likeness (QED) is 0.834. The molecule has 0 fully saturated rings. The van der Waals surface area contributed by atoms with Crippen molar-refractivity contribution in [1.29, 1.82) is 0 Å². The van der Waals surface area contributed by atoms with Crippen molar-refractivity contribution in [1.82, 2.24) is 10.6 Å². The van der Waals surface area contributed by atoms with Crippen LogP contribution in [0.3, 0.4) is 0 Å². The summed E-state index contributed by atoms with van der Waals surface area (Å²) in [6, 6.07) is 13.6. The highest BCUT2D eigenvalue weighted by molar-refractivity contribution is 5.78. The van der Waals surface area contributed by atoms with Gasteiger partial charge in [-0.15, -0.1) is 0 Å². The Balaban J connectivity index is 2.10. The van der Waals surface area contributed by atoms with E-state index in [-0.39, 0.29) is 18.5 Å². The first-order chi connectivity index (χ1) is 9.31. The number of amides is 1. The average molecular weight is 258 g/mol. The highest BCUT2D eigenvalue weighted by Gasteiger charge is 2.16. The number of hydrogen-bond acceptors (Lipinski definition) is 3. The van der Waals surface area contributed by atoms with E-state index in [1.165, 1.54) is 0 Å². The van der Waals surface area contributed by atoms with Crippen LogP contribution in [0.4, 0.5) is 0 Å². The van der Waals surface area contributed by atoms with E-state index in [9.17, 15) is 4.79 Å². The predicted octanol–water partition coefficient (Wildman–Crippen LogP) is 2.09. The van der Waals surface area contributed by atoms with Gasteiger partial charge in [0, 0.05) is 6.54 Å². The molecule has 2 rings (SSSR count). The first-order valence-electron chi connectivity index (χ1n) is 6.39. The summed E-state index contributed by atoms with van der Waals surface area (Å²) in [5, 5.41) is 5.98. The van der Waals surface area contributed by atoms with Crippen molar-refractivity contribution in [3.63, 3.8) is 0 Å². The van der Waals surface area contributed by atoms with Gasteiger partial charge in [-0.05, 0) is 24.6 Å². The van der Waals surface area contributed by atoms with Crippen molar-refractivity contribution in [3.8, 4) is 0 Å². The van der Waals surface area contributed by atoms with E-state index in [1.54, 1.807) is 6.26 Å². The van der Waals surface area contributed by atoms with Gasteiger partial charge in [-0.2, -0.15) is 0 Å². The zero-order chi connectivity index (χ0) is 13.5. The van der Waals surface area contributed by atoms with Crippen LogP contribution in [0.15, 0.2) is 53.1 Å². The molecule has 2 N–H and O–H groups in total. The molecule has 0 bridgehead atoms. The second kappa shape index (κ2) is 6.75. The third-order valence-corrected chi connectivity index (χ3v) is 2.80. The van der Waals surface area contributed by atoms with Crippen molar-refractivity contribution >= 4 is 5.91 Å². The molecule has 1 amide bonds. The molecule has 4 nitrogen and oxygen atoms in total. The lowest BCUT2D eigenvalue weighted by Crippen LogP contribution is -2.35.